The van der Waals surface area contributed by atoms with E-state index in [0.717, 1.165) is 25.7 Å². The first-order valence-corrected chi connectivity index (χ1v) is 17.9. The third-order valence-electron chi connectivity index (χ3n) is 8.27. The van der Waals surface area contributed by atoms with Crippen molar-refractivity contribution in [2.75, 3.05) is 6.61 Å². The molecule has 0 saturated heterocycles. The predicted octanol–water partition coefficient (Wildman–Crippen LogP) is 10.3. The largest absolute Gasteiger partial charge is 0.394 e. The van der Waals surface area contributed by atoms with Crippen LogP contribution in [0.1, 0.15) is 194 Å². The van der Waals surface area contributed by atoms with E-state index in [4.69, 9.17) is 0 Å². The highest BCUT2D eigenvalue weighted by molar-refractivity contribution is 5.76. The minimum Gasteiger partial charge on any atom is -0.394 e. The summed E-state index contributed by atoms with van der Waals surface area (Å²) in [6, 6.07) is -0.613. The van der Waals surface area contributed by atoms with Crippen LogP contribution in [-0.4, -0.2) is 34.9 Å². The SMILES string of the molecule is CCCCCCCCCC/C=C/C(O)C(CO)NC(=O)CCCCCCCCCCCCCCCCCCCC. The summed E-state index contributed by atoms with van der Waals surface area (Å²) >= 11 is 0. The lowest BCUT2D eigenvalue weighted by atomic mass is 10.0. The van der Waals surface area contributed by atoms with Gasteiger partial charge in [0.1, 0.15) is 0 Å². The Kier molecular flexibility index (Phi) is 31.9. The van der Waals surface area contributed by atoms with Crippen LogP contribution in [0.5, 0.6) is 0 Å². The molecule has 0 fully saturated rings. The number of aliphatic hydroxyl groups is 2. The van der Waals surface area contributed by atoms with Gasteiger partial charge in [0.2, 0.25) is 5.91 Å². The summed E-state index contributed by atoms with van der Waals surface area (Å²) in [6.07, 6.45) is 38.7. The molecule has 2 unspecified atom stereocenters. The maximum absolute atomic E-state index is 12.3. The zero-order valence-electron chi connectivity index (χ0n) is 27.1. The molecule has 0 aliphatic carbocycles. The molecule has 0 bridgehead atoms. The van der Waals surface area contributed by atoms with Crippen molar-refractivity contribution in [1.29, 1.82) is 0 Å². The zero-order chi connectivity index (χ0) is 29.4. The molecular formula is C36H71NO3. The lowest BCUT2D eigenvalue weighted by Crippen LogP contribution is -2.45. The first kappa shape index (κ1) is 39.1. The fraction of sp³-hybridized carbons (Fsp3) is 0.917. The van der Waals surface area contributed by atoms with E-state index in [0.29, 0.717) is 6.42 Å². The number of nitrogens with one attached hydrogen (secondary N) is 1. The van der Waals surface area contributed by atoms with Gasteiger partial charge in [0.05, 0.1) is 18.8 Å². The number of carbonyl (C=O) groups excluding carboxylic acids is 1. The van der Waals surface area contributed by atoms with Crippen LogP contribution in [0.25, 0.3) is 0 Å². The average molecular weight is 566 g/mol. The summed E-state index contributed by atoms with van der Waals surface area (Å²) in [6.45, 7) is 4.29. The molecule has 0 aliphatic heterocycles. The summed E-state index contributed by atoms with van der Waals surface area (Å²) in [4.78, 5) is 12.3. The second-order valence-electron chi connectivity index (χ2n) is 12.3. The normalized spacial score (nSPS) is 13.2. The Balaban J connectivity index is 3.55. The van der Waals surface area contributed by atoms with Gasteiger partial charge in [0.25, 0.3) is 0 Å². The van der Waals surface area contributed by atoms with Gasteiger partial charge >= 0.3 is 0 Å². The molecule has 0 aromatic rings. The van der Waals surface area contributed by atoms with Crippen LogP contribution in [0.15, 0.2) is 12.2 Å². The second-order valence-corrected chi connectivity index (χ2v) is 12.3. The van der Waals surface area contributed by atoms with Crippen molar-refractivity contribution >= 4 is 5.91 Å². The van der Waals surface area contributed by atoms with Gasteiger partial charge in [-0.2, -0.15) is 0 Å². The quantitative estimate of drug-likeness (QED) is 0.0561. The topological polar surface area (TPSA) is 69.6 Å². The van der Waals surface area contributed by atoms with Crippen LogP contribution in [-0.2, 0) is 4.79 Å². The van der Waals surface area contributed by atoms with Gasteiger partial charge in [0.15, 0.2) is 0 Å². The van der Waals surface area contributed by atoms with Crippen molar-refractivity contribution < 1.29 is 15.0 Å². The predicted molar refractivity (Wildman–Crippen MR) is 175 cm³/mol. The van der Waals surface area contributed by atoms with Gasteiger partial charge in [-0.3, -0.25) is 4.79 Å². The number of unbranched alkanes of at least 4 members (excludes halogenated alkanes) is 25. The molecule has 0 aliphatic rings. The fourth-order valence-corrected chi connectivity index (χ4v) is 5.47. The van der Waals surface area contributed by atoms with E-state index in [-0.39, 0.29) is 12.5 Å². The highest BCUT2D eigenvalue weighted by atomic mass is 16.3. The van der Waals surface area contributed by atoms with E-state index >= 15 is 0 Å². The number of rotatable bonds is 32. The van der Waals surface area contributed by atoms with Crippen LogP contribution in [0.4, 0.5) is 0 Å². The maximum atomic E-state index is 12.3. The number of hydrogen-bond donors (Lipinski definition) is 3. The van der Waals surface area contributed by atoms with Crippen molar-refractivity contribution in [3.63, 3.8) is 0 Å². The van der Waals surface area contributed by atoms with E-state index in [1.807, 2.05) is 6.08 Å². The van der Waals surface area contributed by atoms with Crippen molar-refractivity contribution in [2.24, 2.45) is 0 Å². The monoisotopic (exact) mass is 566 g/mol. The van der Waals surface area contributed by atoms with Crippen LogP contribution in [0, 0.1) is 0 Å². The van der Waals surface area contributed by atoms with E-state index < -0.39 is 12.1 Å². The highest BCUT2D eigenvalue weighted by Gasteiger charge is 2.17. The first-order chi connectivity index (χ1) is 19.7. The Morgan fingerprint density at radius 2 is 0.925 bits per heavy atom. The number of hydrogen-bond acceptors (Lipinski definition) is 3. The van der Waals surface area contributed by atoms with E-state index in [1.54, 1.807) is 6.08 Å². The van der Waals surface area contributed by atoms with Gasteiger partial charge in [-0.1, -0.05) is 180 Å². The lowest BCUT2D eigenvalue weighted by Gasteiger charge is -2.20. The van der Waals surface area contributed by atoms with Crippen LogP contribution >= 0.6 is 0 Å². The molecule has 4 heteroatoms. The maximum Gasteiger partial charge on any atom is 0.220 e. The Morgan fingerprint density at radius 3 is 1.30 bits per heavy atom. The number of aliphatic hydroxyl groups excluding tert-OH is 2. The number of amides is 1. The van der Waals surface area contributed by atoms with Crippen molar-refractivity contribution in [2.45, 2.75) is 206 Å². The molecule has 1 amide bonds. The smallest absolute Gasteiger partial charge is 0.220 e. The Bertz CT molecular complexity index is 536. The van der Waals surface area contributed by atoms with Gasteiger partial charge in [-0.15, -0.1) is 0 Å². The van der Waals surface area contributed by atoms with Gasteiger partial charge in [0, 0.05) is 6.42 Å². The van der Waals surface area contributed by atoms with Crippen molar-refractivity contribution in [3.05, 3.63) is 12.2 Å². The second kappa shape index (κ2) is 32.6. The van der Waals surface area contributed by atoms with Crippen molar-refractivity contribution in [3.8, 4) is 0 Å². The average Bonchev–Trinajstić information content (AvgIpc) is 2.96. The Labute approximate surface area is 250 Å². The van der Waals surface area contributed by atoms with Crippen LogP contribution in [0.3, 0.4) is 0 Å². The van der Waals surface area contributed by atoms with E-state index in [2.05, 4.69) is 19.2 Å². The summed E-state index contributed by atoms with van der Waals surface area (Å²) < 4.78 is 0. The molecule has 2 atom stereocenters. The van der Waals surface area contributed by atoms with Crippen molar-refractivity contribution in [1.82, 2.24) is 5.32 Å². The summed E-state index contributed by atoms with van der Waals surface area (Å²) in [5.74, 6) is -0.0638. The molecule has 0 spiro atoms. The molecule has 4 nitrogen and oxygen atoms in total. The Hall–Kier alpha value is -0.870. The molecule has 3 N–H and O–H groups in total. The summed E-state index contributed by atoms with van der Waals surface area (Å²) in [5, 5.41) is 22.8. The summed E-state index contributed by atoms with van der Waals surface area (Å²) in [7, 11) is 0. The first-order valence-electron chi connectivity index (χ1n) is 17.9. The van der Waals surface area contributed by atoms with Gasteiger partial charge < -0.3 is 15.5 Å². The molecule has 0 radical (unpaired) electrons. The zero-order valence-corrected chi connectivity index (χ0v) is 27.1. The Morgan fingerprint density at radius 1 is 0.575 bits per heavy atom. The highest BCUT2D eigenvalue weighted by Crippen LogP contribution is 2.15. The van der Waals surface area contributed by atoms with Crippen LogP contribution < -0.4 is 5.32 Å². The minimum atomic E-state index is -0.830. The van der Waals surface area contributed by atoms with Crippen LogP contribution in [0.2, 0.25) is 0 Å². The molecule has 0 aromatic carbocycles. The van der Waals surface area contributed by atoms with Gasteiger partial charge in [-0.25, -0.2) is 0 Å². The standard InChI is InChI=1S/C36H71NO3/c1-3-5-7-9-11-13-15-16-17-18-19-20-21-22-24-26-28-30-32-36(40)37-34(33-38)35(39)31-29-27-25-23-14-12-10-8-6-4-2/h29,31,34-35,38-39H,3-28,30,32-33H2,1-2H3,(H,37,40)/b31-29+. The van der Waals surface area contributed by atoms with Gasteiger partial charge in [-0.05, 0) is 19.3 Å². The molecule has 0 aromatic heterocycles. The summed E-state index contributed by atoms with van der Waals surface area (Å²) in [5.41, 5.74) is 0. The molecular weight excluding hydrogens is 494 g/mol. The molecule has 0 rings (SSSR count). The minimum absolute atomic E-state index is 0.0638. The third-order valence-corrected chi connectivity index (χ3v) is 8.27. The van der Waals surface area contributed by atoms with E-state index in [9.17, 15) is 15.0 Å². The number of carbonyl (C=O) groups is 1. The molecule has 40 heavy (non-hydrogen) atoms. The number of allylic oxidation sites excluding steroid dienone is 1. The fourth-order valence-electron chi connectivity index (χ4n) is 5.47. The molecule has 238 valence electrons. The molecule has 0 saturated carbocycles. The lowest BCUT2D eigenvalue weighted by molar-refractivity contribution is -0.123. The third kappa shape index (κ3) is 28.7. The van der Waals surface area contributed by atoms with E-state index in [1.165, 1.54) is 148 Å². The molecule has 0 heterocycles.